The van der Waals surface area contributed by atoms with E-state index in [1.807, 2.05) is 24.3 Å². The van der Waals surface area contributed by atoms with E-state index in [1.54, 1.807) is 12.1 Å². The van der Waals surface area contributed by atoms with Crippen molar-refractivity contribution < 1.29 is 9.84 Å². The Morgan fingerprint density at radius 3 is 2.62 bits per heavy atom. The molecular formula is C18H20BrCl2NO2. The molecule has 6 heteroatoms. The van der Waals surface area contributed by atoms with Crippen molar-refractivity contribution in [3.63, 3.8) is 0 Å². The largest absolute Gasteiger partial charge is 0.489 e. The smallest absolute Gasteiger partial charge is 0.124 e. The summed E-state index contributed by atoms with van der Waals surface area (Å²) in [5.41, 5.74) is 1.96. The number of hydrogen-bond acceptors (Lipinski definition) is 3. The molecule has 0 radical (unpaired) electrons. The standard InChI is InChI=1S/C18H20BrCl2NO2/c19-15-4-6-18(14(9-15)11-22-7-1-2-8-23)24-12-13-3-5-16(20)10-17(13)21/h3-6,9-10,22-23H,1-2,7-8,11-12H2. The number of rotatable bonds is 9. The van der Waals surface area contributed by atoms with Gasteiger partial charge in [-0.05, 0) is 49.7 Å². The van der Waals surface area contributed by atoms with E-state index in [0.717, 1.165) is 40.7 Å². The first-order valence-corrected chi connectivity index (χ1v) is 9.32. The Morgan fingerprint density at radius 1 is 1.04 bits per heavy atom. The summed E-state index contributed by atoms with van der Waals surface area (Å²) in [5, 5.41) is 13.4. The van der Waals surface area contributed by atoms with Crippen molar-refractivity contribution >= 4 is 39.1 Å². The van der Waals surface area contributed by atoms with Gasteiger partial charge in [0.25, 0.3) is 0 Å². The molecule has 0 fully saturated rings. The number of ether oxygens (including phenoxy) is 1. The van der Waals surface area contributed by atoms with Crippen LogP contribution in [0.4, 0.5) is 0 Å². The Labute approximate surface area is 161 Å². The van der Waals surface area contributed by atoms with Crippen LogP contribution in [0, 0.1) is 0 Å². The summed E-state index contributed by atoms with van der Waals surface area (Å²) >= 11 is 15.6. The maximum atomic E-state index is 8.81. The summed E-state index contributed by atoms with van der Waals surface area (Å²) in [4.78, 5) is 0. The molecule has 24 heavy (non-hydrogen) atoms. The quantitative estimate of drug-likeness (QED) is 0.535. The Balaban J connectivity index is 1.98. The van der Waals surface area contributed by atoms with E-state index >= 15 is 0 Å². The van der Waals surface area contributed by atoms with Crippen LogP contribution in [0.5, 0.6) is 5.75 Å². The first kappa shape index (κ1) is 19.5. The predicted octanol–water partition coefficient (Wildman–Crippen LogP) is 5.20. The van der Waals surface area contributed by atoms with Crippen LogP contribution in [0.3, 0.4) is 0 Å². The second kappa shape index (κ2) is 10.3. The van der Waals surface area contributed by atoms with Crippen molar-refractivity contribution in [2.24, 2.45) is 0 Å². The van der Waals surface area contributed by atoms with Crippen LogP contribution >= 0.6 is 39.1 Å². The number of benzene rings is 2. The highest BCUT2D eigenvalue weighted by atomic mass is 79.9. The molecule has 2 rings (SSSR count). The van der Waals surface area contributed by atoms with E-state index in [2.05, 4.69) is 21.2 Å². The SMILES string of the molecule is OCCCCNCc1cc(Br)ccc1OCc1ccc(Cl)cc1Cl. The molecule has 0 amide bonds. The molecule has 0 aromatic heterocycles. The highest BCUT2D eigenvalue weighted by Gasteiger charge is 2.07. The average molecular weight is 433 g/mol. The maximum absolute atomic E-state index is 8.81. The Morgan fingerprint density at radius 2 is 1.88 bits per heavy atom. The molecule has 0 aliphatic rings. The van der Waals surface area contributed by atoms with Crippen LogP contribution < -0.4 is 10.1 Å². The summed E-state index contributed by atoms with van der Waals surface area (Å²) < 4.78 is 6.95. The fourth-order valence-corrected chi connectivity index (χ4v) is 3.08. The highest BCUT2D eigenvalue weighted by molar-refractivity contribution is 9.10. The molecule has 0 atom stereocenters. The van der Waals surface area contributed by atoms with E-state index in [4.69, 9.17) is 33.0 Å². The molecule has 0 saturated carbocycles. The van der Waals surface area contributed by atoms with Gasteiger partial charge >= 0.3 is 0 Å². The second-order valence-electron chi connectivity index (χ2n) is 5.38. The Kier molecular flexibility index (Phi) is 8.36. The Bertz CT molecular complexity index is 667. The van der Waals surface area contributed by atoms with Gasteiger partial charge in [-0.15, -0.1) is 0 Å². The van der Waals surface area contributed by atoms with Gasteiger partial charge in [-0.25, -0.2) is 0 Å². The van der Waals surface area contributed by atoms with E-state index in [0.29, 0.717) is 23.2 Å². The molecule has 3 nitrogen and oxygen atoms in total. The van der Waals surface area contributed by atoms with Crippen LogP contribution in [-0.2, 0) is 13.2 Å². The molecule has 2 N–H and O–H groups in total. The van der Waals surface area contributed by atoms with Gasteiger partial charge in [0.1, 0.15) is 12.4 Å². The van der Waals surface area contributed by atoms with Crippen molar-refractivity contribution in [1.82, 2.24) is 5.32 Å². The number of unbranched alkanes of at least 4 members (excludes halogenated alkanes) is 1. The van der Waals surface area contributed by atoms with Gasteiger partial charge in [0, 0.05) is 38.8 Å². The summed E-state index contributed by atoms with van der Waals surface area (Å²) in [6.45, 7) is 2.17. The third-order valence-corrected chi connectivity index (χ3v) is 4.58. The third kappa shape index (κ3) is 6.26. The number of nitrogens with one attached hydrogen (secondary N) is 1. The molecule has 2 aromatic rings. The topological polar surface area (TPSA) is 41.5 Å². The molecule has 0 heterocycles. The van der Waals surface area contributed by atoms with Crippen LogP contribution in [0.25, 0.3) is 0 Å². The summed E-state index contributed by atoms with van der Waals surface area (Å²) in [6, 6.07) is 11.3. The van der Waals surface area contributed by atoms with E-state index < -0.39 is 0 Å². The summed E-state index contributed by atoms with van der Waals surface area (Å²) in [6.07, 6.45) is 1.75. The molecule has 130 valence electrons. The molecule has 0 aliphatic heterocycles. The lowest BCUT2D eigenvalue weighted by Crippen LogP contribution is -2.16. The number of aliphatic hydroxyl groups is 1. The number of hydrogen-bond donors (Lipinski definition) is 2. The van der Waals surface area contributed by atoms with E-state index in [1.165, 1.54) is 0 Å². The van der Waals surface area contributed by atoms with Crippen molar-refractivity contribution in [3.8, 4) is 5.75 Å². The highest BCUT2D eigenvalue weighted by Crippen LogP contribution is 2.26. The van der Waals surface area contributed by atoms with E-state index in [9.17, 15) is 0 Å². The van der Waals surface area contributed by atoms with Crippen molar-refractivity contribution in [2.75, 3.05) is 13.2 Å². The van der Waals surface area contributed by atoms with Gasteiger partial charge < -0.3 is 15.2 Å². The number of aliphatic hydroxyl groups excluding tert-OH is 1. The van der Waals surface area contributed by atoms with Crippen LogP contribution in [0.2, 0.25) is 10.0 Å². The lowest BCUT2D eigenvalue weighted by atomic mass is 10.2. The average Bonchev–Trinajstić information content (AvgIpc) is 2.55. The first-order valence-electron chi connectivity index (χ1n) is 7.77. The van der Waals surface area contributed by atoms with Gasteiger partial charge in [-0.3, -0.25) is 0 Å². The first-order chi connectivity index (χ1) is 11.6. The van der Waals surface area contributed by atoms with Crippen molar-refractivity contribution in [2.45, 2.75) is 26.0 Å². The number of halogens is 3. The van der Waals surface area contributed by atoms with Gasteiger partial charge in [0.2, 0.25) is 0 Å². The maximum Gasteiger partial charge on any atom is 0.124 e. The fourth-order valence-electron chi connectivity index (χ4n) is 2.21. The minimum atomic E-state index is 0.231. The van der Waals surface area contributed by atoms with E-state index in [-0.39, 0.29) is 6.61 Å². The summed E-state index contributed by atoms with van der Waals surface area (Å²) in [5.74, 6) is 0.818. The zero-order valence-corrected chi connectivity index (χ0v) is 16.3. The summed E-state index contributed by atoms with van der Waals surface area (Å²) in [7, 11) is 0. The van der Waals surface area contributed by atoms with Crippen LogP contribution in [-0.4, -0.2) is 18.3 Å². The minimum Gasteiger partial charge on any atom is -0.489 e. The molecule has 0 unspecified atom stereocenters. The fraction of sp³-hybridized carbons (Fsp3) is 0.333. The van der Waals surface area contributed by atoms with Crippen LogP contribution in [0.1, 0.15) is 24.0 Å². The Hall–Kier alpha value is -0.780. The van der Waals surface area contributed by atoms with Gasteiger partial charge in [-0.1, -0.05) is 45.2 Å². The predicted molar refractivity (Wildman–Crippen MR) is 103 cm³/mol. The molecular weight excluding hydrogens is 413 g/mol. The van der Waals surface area contributed by atoms with Gasteiger partial charge in [0.15, 0.2) is 0 Å². The zero-order chi connectivity index (χ0) is 17.4. The molecule has 0 bridgehead atoms. The minimum absolute atomic E-state index is 0.231. The normalized spacial score (nSPS) is 10.8. The van der Waals surface area contributed by atoms with Crippen molar-refractivity contribution in [1.29, 1.82) is 0 Å². The lowest BCUT2D eigenvalue weighted by Gasteiger charge is -2.14. The molecule has 0 spiro atoms. The van der Waals surface area contributed by atoms with Crippen LogP contribution in [0.15, 0.2) is 40.9 Å². The lowest BCUT2D eigenvalue weighted by molar-refractivity contribution is 0.283. The second-order valence-corrected chi connectivity index (χ2v) is 7.14. The third-order valence-electron chi connectivity index (χ3n) is 3.50. The van der Waals surface area contributed by atoms with Crippen molar-refractivity contribution in [3.05, 3.63) is 62.0 Å². The monoisotopic (exact) mass is 431 g/mol. The molecule has 2 aromatic carbocycles. The van der Waals surface area contributed by atoms with Gasteiger partial charge in [-0.2, -0.15) is 0 Å². The molecule has 0 saturated heterocycles. The molecule has 0 aliphatic carbocycles. The zero-order valence-electron chi connectivity index (χ0n) is 13.2. The van der Waals surface area contributed by atoms with Gasteiger partial charge in [0.05, 0.1) is 0 Å².